The number of aryl methyl sites for hydroxylation is 1. The lowest BCUT2D eigenvalue weighted by atomic mass is 10.1. The van der Waals surface area contributed by atoms with Crippen molar-refractivity contribution in [3.05, 3.63) is 62.7 Å². The Kier molecular flexibility index (Phi) is 4.98. The van der Waals surface area contributed by atoms with Crippen molar-refractivity contribution >= 4 is 22.6 Å². The molecule has 0 atom stereocenters. The van der Waals surface area contributed by atoms with Gasteiger partial charge in [0, 0.05) is 23.9 Å². The highest BCUT2D eigenvalue weighted by atomic mass is 16.5. The fourth-order valence-corrected chi connectivity index (χ4v) is 2.85. The van der Waals surface area contributed by atoms with Crippen LogP contribution in [0.1, 0.15) is 17.3 Å². The van der Waals surface area contributed by atoms with E-state index < -0.39 is 11.1 Å². The zero-order chi connectivity index (χ0) is 19.6. The number of hydrogen-bond donors (Lipinski definition) is 2. The molecule has 1 heterocycles. The molecule has 1 aromatic heterocycles. The molecule has 1 amide bonds. The predicted octanol–water partition coefficient (Wildman–Crippen LogP) is 1.98. The number of carbonyl (C=O) groups excluding carboxylic acids is 1. The van der Waals surface area contributed by atoms with Gasteiger partial charge in [0.05, 0.1) is 25.3 Å². The predicted molar refractivity (Wildman–Crippen MR) is 102 cm³/mol. The number of anilines is 1. The fraction of sp³-hybridized carbons (Fsp3) is 0.211. The van der Waals surface area contributed by atoms with Gasteiger partial charge in [0.1, 0.15) is 0 Å². The standard InChI is InChI=1S/C19H19N3O5/c1-4-22-14-7-5-11(9-13(14)21-18(24)19(22)25)17(23)20-12-6-8-15(26-2)16(10-12)27-3/h5-10H,4H2,1-3H3,(H,20,23)(H,21,24). The largest absolute Gasteiger partial charge is 0.493 e. The Bertz CT molecular complexity index is 1130. The van der Waals surface area contributed by atoms with Crippen molar-refractivity contribution in [3.63, 3.8) is 0 Å². The van der Waals surface area contributed by atoms with Crippen molar-refractivity contribution in [1.29, 1.82) is 0 Å². The van der Waals surface area contributed by atoms with E-state index in [9.17, 15) is 14.4 Å². The highest BCUT2D eigenvalue weighted by Gasteiger charge is 2.12. The molecule has 140 valence electrons. The first-order chi connectivity index (χ1) is 13.0. The Hall–Kier alpha value is -3.55. The van der Waals surface area contributed by atoms with Crippen LogP contribution in [0, 0.1) is 0 Å². The van der Waals surface area contributed by atoms with Gasteiger partial charge in [-0.05, 0) is 37.3 Å². The summed E-state index contributed by atoms with van der Waals surface area (Å²) in [5.74, 6) is 0.681. The van der Waals surface area contributed by atoms with Crippen LogP contribution >= 0.6 is 0 Å². The third-order valence-corrected chi connectivity index (χ3v) is 4.19. The number of rotatable bonds is 5. The second-order valence-corrected chi connectivity index (χ2v) is 5.76. The minimum absolute atomic E-state index is 0.342. The number of nitrogens with one attached hydrogen (secondary N) is 2. The Morgan fingerprint density at radius 2 is 1.81 bits per heavy atom. The average molecular weight is 369 g/mol. The first-order valence-electron chi connectivity index (χ1n) is 8.28. The van der Waals surface area contributed by atoms with Crippen LogP contribution in [-0.4, -0.2) is 29.7 Å². The number of benzene rings is 2. The smallest absolute Gasteiger partial charge is 0.316 e. The van der Waals surface area contributed by atoms with E-state index in [-0.39, 0.29) is 5.91 Å². The molecule has 0 saturated heterocycles. The van der Waals surface area contributed by atoms with Gasteiger partial charge in [-0.25, -0.2) is 0 Å². The first kappa shape index (κ1) is 18.2. The molecule has 0 spiro atoms. The Balaban J connectivity index is 1.96. The average Bonchev–Trinajstić information content (AvgIpc) is 2.68. The zero-order valence-electron chi connectivity index (χ0n) is 15.2. The molecule has 8 nitrogen and oxygen atoms in total. The molecule has 0 aliphatic rings. The summed E-state index contributed by atoms with van der Waals surface area (Å²) < 4.78 is 11.8. The molecule has 2 aromatic carbocycles. The number of amides is 1. The van der Waals surface area contributed by atoms with Crippen molar-refractivity contribution < 1.29 is 14.3 Å². The van der Waals surface area contributed by atoms with Gasteiger partial charge in [0.15, 0.2) is 11.5 Å². The summed E-state index contributed by atoms with van der Waals surface area (Å²) in [5, 5.41) is 2.77. The number of methoxy groups -OCH3 is 2. The van der Waals surface area contributed by atoms with E-state index >= 15 is 0 Å². The SMILES string of the molecule is CCn1c(=O)c(=O)[nH]c2cc(C(=O)Nc3ccc(OC)c(OC)c3)ccc21. The van der Waals surface area contributed by atoms with E-state index in [1.807, 2.05) is 0 Å². The van der Waals surface area contributed by atoms with Gasteiger partial charge in [-0.3, -0.25) is 14.4 Å². The second kappa shape index (κ2) is 7.36. The van der Waals surface area contributed by atoms with Crippen molar-refractivity contribution in [2.75, 3.05) is 19.5 Å². The Morgan fingerprint density at radius 3 is 2.48 bits per heavy atom. The lowest BCUT2D eigenvalue weighted by Crippen LogP contribution is -2.36. The summed E-state index contributed by atoms with van der Waals surface area (Å²) in [5.41, 5.74) is 0.513. The minimum Gasteiger partial charge on any atom is -0.493 e. The maximum Gasteiger partial charge on any atom is 0.316 e. The summed E-state index contributed by atoms with van der Waals surface area (Å²) in [6.45, 7) is 2.13. The van der Waals surface area contributed by atoms with Crippen LogP contribution in [0.4, 0.5) is 5.69 Å². The maximum absolute atomic E-state index is 12.6. The van der Waals surface area contributed by atoms with Crippen molar-refractivity contribution in [1.82, 2.24) is 9.55 Å². The van der Waals surface area contributed by atoms with Gasteiger partial charge in [0.25, 0.3) is 5.91 Å². The molecule has 3 rings (SSSR count). The van der Waals surface area contributed by atoms with Crippen LogP contribution < -0.4 is 25.9 Å². The quantitative estimate of drug-likeness (QED) is 0.670. The van der Waals surface area contributed by atoms with E-state index in [2.05, 4.69) is 10.3 Å². The topological polar surface area (TPSA) is 102 Å². The Labute approximate surface area is 154 Å². The molecular weight excluding hydrogens is 350 g/mol. The number of nitrogens with zero attached hydrogens (tertiary/aromatic N) is 1. The zero-order valence-corrected chi connectivity index (χ0v) is 15.2. The van der Waals surface area contributed by atoms with Crippen LogP contribution in [0.25, 0.3) is 11.0 Å². The fourth-order valence-electron chi connectivity index (χ4n) is 2.85. The highest BCUT2D eigenvalue weighted by molar-refractivity contribution is 6.06. The Morgan fingerprint density at radius 1 is 1.07 bits per heavy atom. The maximum atomic E-state index is 12.6. The lowest BCUT2D eigenvalue weighted by molar-refractivity contribution is 0.102. The van der Waals surface area contributed by atoms with Gasteiger partial charge < -0.3 is 24.3 Å². The normalized spacial score (nSPS) is 10.6. The van der Waals surface area contributed by atoms with E-state index in [4.69, 9.17) is 9.47 Å². The number of fused-ring (bicyclic) bond motifs is 1. The summed E-state index contributed by atoms with van der Waals surface area (Å²) in [6, 6.07) is 9.80. The van der Waals surface area contributed by atoms with Crippen LogP contribution in [0.3, 0.4) is 0 Å². The third-order valence-electron chi connectivity index (χ3n) is 4.19. The number of hydrogen-bond acceptors (Lipinski definition) is 5. The molecule has 2 N–H and O–H groups in total. The number of H-pyrrole nitrogens is 1. The van der Waals surface area contributed by atoms with Crippen LogP contribution in [0.15, 0.2) is 46.0 Å². The lowest BCUT2D eigenvalue weighted by Gasteiger charge is -2.11. The molecule has 27 heavy (non-hydrogen) atoms. The van der Waals surface area contributed by atoms with E-state index in [1.165, 1.54) is 18.8 Å². The second-order valence-electron chi connectivity index (χ2n) is 5.76. The molecule has 0 bridgehead atoms. The van der Waals surface area contributed by atoms with Gasteiger partial charge in [-0.1, -0.05) is 0 Å². The van der Waals surface area contributed by atoms with Crippen molar-refractivity contribution in [2.24, 2.45) is 0 Å². The molecule has 8 heteroatoms. The van der Waals surface area contributed by atoms with Crippen molar-refractivity contribution in [2.45, 2.75) is 13.5 Å². The van der Waals surface area contributed by atoms with Crippen LogP contribution in [-0.2, 0) is 6.54 Å². The summed E-state index contributed by atoms with van der Waals surface area (Å²) in [6.07, 6.45) is 0. The molecule has 0 radical (unpaired) electrons. The summed E-state index contributed by atoms with van der Waals surface area (Å²) in [7, 11) is 3.04. The van der Waals surface area contributed by atoms with E-state index in [0.29, 0.717) is 40.3 Å². The number of aromatic nitrogens is 2. The molecule has 0 fully saturated rings. The van der Waals surface area contributed by atoms with Gasteiger partial charge in [-0.2, -0.15) is 0 Å². The van der Waals surface area contributed by atoms with Gasteiger partial charge >= 0.3 is 11.1 Å². The van der Waals surface area contributed by atoms with Gasteiger partial charge in [0.2, 0.25) is 0 Å². The molecule has 0 saturated carbocycles. The molecule has 0 aliphatic carbocycles. The van der Waals surface area contributed by atoms with Crippen molar-refractivity contribution in [3.8, 4) is 11.5 Å². The van der Waals surface area contributed by atoms with Crippen LogP contribution in [0.2, 0.25) is 0 Å². The molecular formula is C19H19N3O5. The summed E-state index contributed by atoms with van der Waals surface area (Å²) >= 11 is 0. The van der Waals surface area contributed by atoms with Crippen LogP contribution in [0.5, 0.6) is 11.5 Å². The number of aromatic amines is 1. The minimum atomic E-state index is -0.721. The van der Waals surface area contributed by atoms with Gasteiger partial charge in [-0.15, -0.1) is 0 Å². The van der Waals surface area contributed by atoms with E-state index in [0.717, 1.165) is 0 Å². The summed E-state index contributed by atoms with van der Waals surface area (Å²) in [4.78, 5) is 38.8. The number of ether oxygens (including phenoxy) is 2. The first-order valence-corrected chi connectivity index (χ1v) is 8.28. The third kappa shape index (κ3) is 3.41. The molecule has 0 unspecified atom stereocenters. The van der Waals surface area contributed by atoms with E-state index in [1.54, 1.807) is 43.3 Å². The monoisotopic (exact) mass is 369 g/mol. The highest BCUT2D eigenvalue weighted by Crippen LogP contribution is 2.30. The molecule has 3 aromatic rings. The molecule has 0 aliphatic heterocycles. The number of carbonyl (C=O) groups is 1.